The standard InChI is InChI=1S/C14H12N2OS2/c1-8-3-2-4-9(7-8)19-13-11(14(15)17)16-10-5-6-18-12(10)13/h2-7,16H,1H3,(H2,15,17). The van der Waals surface area contributed by atoms with Gasteiger partial charge >= 0.3 is 0 Å². The SMILES string of the molecule is Cc1cccc(Sc2c(C(N)=O)[nH]c3ccsc23)c1. The molecule has 0 radical (unpaired) electrons. The molecule has 0 saturated carbocycles. The van der Waals surface area contributed by atoms with E-state index in [1.54, 1.807) is 23.1 Å². The van der Waals surface area contributed by atoms with Gasteiger partial charge in [0, 0.05) is 4.90 Å². The van der Waals surface area contributed by atoms with Gasteiger partial charge in [-0.3, -0.25) is 4.79 Å². The largest absolute Gasteiger partial charge is 0.364 e. The van der Waals surface area contributed by atoms with E-state index in [-0.39, 0.29) is 0 Å². The van der Waals surface area contributed by atoms with E-state index in [0.29, 0.717) is 5.69 Å². The van der Waals surface area contributed by atoms with E-state index >= 15 is 0 Å². The molecule has 0 aliphatic rings. The fraction of sp³-hybridized carbons (Fsp3) is 0.0714. The topological polar surface area (TPSA) is 58.9 Å². The van der Waals surface area contributed by atoms with Gasteiger partial charge < -0.3 is 10.7 Å². The Kier molecular flexibility index (Phi) is 3.08. The van der Waals surface area contributed by atoms with Crippen molar-refractivity contribution in [1.29, 1.82) is 0 Å². The average Bonchev–Trinajstić information content (AvgIpc) is 2.92. The summed E-state index contributed by atoms with van der Waals surface area (Å²) in [5, 5.41) is 2.01. The molecule has 19 heavy (non-hydrogen) atoms. The third-order valence-electron chi connectivity index (χ3n) is 2.81. The zero-order valence-electron chi connectivity index (χ0n) is 10.3. The van der Waals surface area contributed by atoms with Gasteiger partial charge in [0.2, 0.25) is 0 Å². The Labute approximate surface area is 118 Å². The summed E-state index contributed by atoms with van der Waals surface area (Å²) in [6.45, 7) is 2.05. The second kappa shape index (κ2) is 4.75. The molecular weight excluding hydrogens is 276 g/mol. The maximum atomic E-state index is 11.5. The number of carbonyl (C=O) groups excluding carboxylic acids is 1. The first kappa shape index (κ1) is 12.3. The number of hydrogen-bond donors (Lipinski definition) is 2. The van der Waals surface area contributed by atoms with Crippen LogP contribution in [-0.4, -0.2) is 10.9 Å². The minimum Gasteiger partial charge on any atom is -0.364 e. The number of carbonyl (C=O) groups is 1. The average molecular weight is 288 g/mol. The Morgan fingerprint density at radius 2 is 2.21 bits per heavy atom. The summed E-state index contributed by atoms with van der Waals surface area (Å²) in [4.78, 5) is 16.6. The summed E-state index contributed by atoms with van der Waals surface area (Å²) in [7, 11) is 0. The van der Waals surface area contributed by atoms with Crippen molar-refractivity contribution < 1.29 is 4.79 Å². The lowest BCUT2D eigenvalue weighted by atomic mass is 10.2. The number of primary amides is 1. The number of nitrogens with one attached hydrogen (secondary N) is 1. The Bertz CT molecular complexity index is 758. The predicted octanol–water partition coefficient (Wildman–Crippen LogP) is 3.79. The van der Waals surface area contributed by atoms with Crippen LogP contribution in [0.1, 0.15) is 16.1 Å². The van der Waals surface area contributed by atoms with Crippen LogP contribution in [0.4, 0.5) is 0 Å². The van der Waals surface area contributed by atoms with Gasteiger partial charge in [0.1, 0.15) is 5.69 Å². The molecule has 0 fully saturated rings. The van der Waals surface area contributed by atoms with Gasteiger partial charge in [-0.25, -0.2) is 0 Å². The highest BCUT2D eigenvalue weighted by atomic mass is 32.2. The number of amides is 1. The van der Waals surface area contributed by atoms with Crippen molar-refractivity contribution in [3.05, 3.63) is 47.0 Å². The van der Waals surface area contributed by atoms with Gasteiger partial charge in [-0.1, -0.05) is 29.5 Å². The van der Waals surface area contributed by atoms with Gasteiger partial charge in [-0.05, 0) is 30.5 Å². The molecule has 1 aromatic carbocycles. The van der Waals surface area contributed by atoms with Crippen LogP contribution < -0.4 is 5.73 Å². The number of nitrogens with two attached hydrogens (primary N) is 1. The molecule has 5 heteroatoms. The molecule has 0 bridgehead atoms. The number of H-pyrrole nitrogens is 1. The van der Waals surface area contributed by atoms with E-state index in [1.165, 1.54) is 5.56 Å². The Hall–Kier alpha value is -1.72. The van der Waals surface area contributed by atoms with Crippen LogP contribution in [0.25, 0.3) is 10.2 Å². The first-order valence-electron chi connectivity index (χ1n) is 5.78. The Morgan fingerprint density at radius 1 is 1.37 bits per heavy atom. The van der Waals surface area contributed by atoms with Crippen molar-refractivity contribution in [3.8, 4) is 0 Å². The Morgan fingerprint density at radius 3 is 2.95 bits per heavy atom. The van der Waals surface area contributed by atoms with Gasteiger partial charge in [-0.15, -0.1) is 11.3 Å². The van der Waals surface area contributed by atoms with E-state index in [1.807, 2.05) is 23.6 Å². The molecule has 3 aromatic rings. The number of hydrogen-bond acceptors (Lipinski definition) is 3. The number of benzene rings is 1. The summed E-state index contributed by atoms with van der Waals surface area (Å²) in [6, 6.07) is 10.2. The van der Waals surface area contributed by atoms with Crippen LogP contribution in [0.5, 0.6) is 0 Å². The van der Waals surface area contributed by atoms with E-state index in [2.05, 4.69) is 24.0 Å². The zero-order chi connectivity index (χ0) is 13.4. The van der Waals surface area contributed by atoms with Crippen LogP contribution in [-0.2, 0) is 0 Å². The molecule has 2 heterocycles. The van der Waals surface area contributed by atoms with Crippen LogP contribution in [0.3, 0.4) is 0 Å². The molecule has 3 nitrogen and oxygen atoms in total. The van der Waals surface area contributed by atoms with Crippen molar-refractivity contribution in [2.24, 2.45) is 5.73 Å². The molecule has 0 saturated heterocycles. The smallest absolute Gasteiger partial charge is 0.266 e. The fourth-order valence-electron chi connectivity index (χ4n) is 1.96. The van der Waals surface area contributed by atoms with E-state index in [0.717, 1.165) is 20.0 Å². The number of aromatic nitrogens is 1. The second-order valence-corrected chi connectivity index (χ2v) is 6.28. The maximum absolute atomic E-state index is 11.5. The maximum Gasteiger partial charge on any atom is 0.266 e. The summed E-state index contributed by atoms with van der Waals surface area (Å²) in [5.41, 5.74) is 8.10. The first-order valence-corrected chi connectivity index (χ1v) is 7.48. The van der Waals surface area contributed by atoms with Crippen LogP contribution in [0, 0.1) is 6.92 Å². The molecular formula is C14H12N2OS2. The quantitative estimate of drug-likeness (QED) is 0.770. The summed E-state index contributed by atoms with van der Waals surface area (Å²) >= 11 is 3.19. The van der Waals surface area contributed by atoms with Gasteiger partial charge in [0.05, 0.1) is 15.1 Å². The molecule has 2 aromatic heterocycles. The minimum absolute atomic E-state index is 0.418. The van der Waals surface area contributed by atoms with Crippen molar-refractivity contribution in [2.45, 2.75) is 16.7 Å². The highest BCUT2D eigenvalue weighted by molar-refractivity contribution is 7.99. The molecule has 0 spiro atoms. The normalized spacial score (nSPS) is 11.0. The van der Waals surface area contributed by atoms with Crippen LogP contribution in [0.2, 0.25) is 0 Å². The fourth-order valence-corrected chi connectivity index (χ4v) is 4.10. The molecule has 96 valence electrons. The van der Waals surface area contributed by atoms with Crippen LogP contribution >= 0.6 is 23.1 Å². The number of rotatable bonds is 3. The number of fused-ring (bicyclic) bond motifs is 1. The molecule has 1 amide bonds. The molecule has 0 atom stereocenters. The number of thiophene rings is 1. The minimum atomic E-state index is -0.418. The summed E-state index contributed by atoms with van der Waals surface area (Å²) in [6.07, 6.45) is 0. The van der Waals surface area contributed by atoms with E-state index in [9.17, 15) is 4.79 Å². The third kappa shape index (κ3) is 2.27. The number of aryl methyl sites for hydroxylation is 1. The lowest BCUT2D eigenvalue weighted by molar-refractivity contribution is 0.0993. The van der Waals surface area contributed by atoms with E-state index < -0.39 is 5.91 Å². The summed E-state index contributed by atoms with van der Waals surface area (Å²) < 4.78 is 1.08. The van der Waals surface area contributed by atoms with Crippen molar-refractivity contribution >= 4 is 39.2 Å². The molecule has 0 aliphatic carbocycles. The monoisotopic (exact) mass is 288 g/mol. The lowest BCUT2D eigenvalue weighted by Crippen LogP contribution is -2.12. The zero-order valence-corrected chi connectivity index (χ0v) is 11.9. The number of aromatic amines is 1. The van der Waals surface area contributed by atoms with Gasteiger partial charge in [-0.2, -0.15) is 0 Å². The Balaban J connectivity index is 2.10. The van der Waals surface area contributed by atoms with E-state index in [4.69, 9.17) is 5.73 Å². The predicted molar refractivity (Wildman–Crippen MR) is 80.0 cm³/mol. The van der Waals surface area contributed by atoms with Gasteiger partial charge in [0.25, 0.3) is 5.91 Å². The highest BCUT2D eigenvalue weighted by Crippen LogP contribution is 2.39. The summed E-state index contributed by atoms with van der Waals surface area (Å²) in [5.74, 6) is -0.418. The third-order valence-corrected chi connectivity index (χ3v) is 4.98. The first-order chi connectivity index (χ1) is 9.15. The molecule has 0 unspecified atom stereocenters. The lowest BCUT2D eigenvalue weighted by Gasteiger charge is -2.03. The molecule has 3 rings (SSSR count). The van der Waals surface area contributed by atoms with Crippen molar-refractivity contribution in [2.75, 3.05) is 0 Å². The molecule has 0 aliphatic heterocycles. The second-order valence-electron chi connectivity index (χ2n) is 4.28. The van der Waals surface area contributed by atoms with Crippen molar-refractivity contribution in [1.82, 2.24) is 4.98 Å². The molecule has 3 N–H and O–H groups in total. The van der Waals surface area contributed by atoms with Crippen LogP contribution in [0.15, 0.2) is 45.5 Å². The van der Waals surface area contributed by atoms with Crippen molar-refractivity contribution in [3.63, 3.8) is 0 Å². The van der Waals surface area contributed by atoms with Gasteiger partial charge in [0.15, 0.2) is 0 Å². The highest BCUT2D eigenvalue weighted by Gasteiger charge is 2.17.